The summed E-state index contributed by atoms with van der Waals surface area (Å²) in [5, 5.41) is 10.6. The molecule has 0 atom stereocenters. The number of nitrogens with zero attached hydrogens (tertiary/aromatic N) is 4. The van der Waals surface area contributed by atoms with Crippen molar-refractivity contribution in [3.8, 4) is 0 Å². The number of aromatic nitrogens is 2. The highest BCUT2D eigenvalue weighted by atomic mass is 16.6. The van der Waals surface area contributed by atoms with E-state index in [4.69, 9.17) is 5.73 Å². The number of rotatable bonds is 3. The number of nitro groups is 1. The summed E-state index contributed by atoms with van der Waals surface area (Å²) in [6.45, 7) is 0. The average Bonchev–Trinajstić information content (AvgIpc) is 2.51. The van der Waals surface area contributed by atoms with Gasteiger partial charge in [-0.15, -0.1) is 0 Å². The van der Waals surface area contributed by atoms with E-state index in [0.29, 0.717) is 5.56 Å². The highest BCUT2D eigenvalue weighted by Crippen LogP contribution is 2.15. The first-order chi connectivity index (χ1) is 10.3. The highest BCUT2D eigenvalue weighted by Gasteiger charge is 2.11. The molecule has 0 unspecified atom stereocenters. The van der Waals surface area contributed by atoms with Gasteiger partial charge in [-0.1, -0.05) is 0 Å². The molecule has 0 saturated heterocycles. The van der Waals surface area contributed by atoms with Crippen molar-refractivity contribution in [2.45, 2.75) is 0 Å². The number of hydrogen-bond acceptors (Lipinski definition) is 6. The molecular weight excluding hydrogens is 290 g/mol. The molecule has 1 aromatic carbocycles. The Labute approximate surface area is 124 Å². The van der Waals surface area contributed by atoms with E-state index in [-0.39, 0.29) is 17.2 Å². The zero-order chi connectivity index (χ0) is 16.4. The minimum atomic E-state index is -0.626. The molecule has 0 aliphatic carbocycles. The summed E-state index contributed by atoms with van der Waals surface area (Å²) in [6.07, 6.45) is 1.37. The largest absolute Gasteiger partial charge is 0.391 e. The summed E-state index contributed by atoms with van der Waals surface area (Å²) < 4.78 is 2.04. The summed E-state index contributed by atoms with van der Waals surface area (Å²) in [4.78, 5) is 37.7. The topological polar surface area (TPSA) is 126 Å². The molecule has 2 N–H and O–H groups in total. The molecular formula is C13H13N5O4. The molecule has 1 aromatic heterocycles. The van der Waals surface area contributed by atoms with Crippen LogP contribution < -0.4 is 17.0 Å². The maximum Gasteiger partial charge on any atom is 0.332 e. The lowest BCUT2D eigenvalue weighted by Crippen LogP contribution is -2.38. The van der Waals surface area contributed by atoms with Crippen LogP contribution in [0.2, 0.25) is 0 Å². The Morgan fingerprint density at radius 3 is 2.32 bits per heavy atom. The van der Waals surface area contributed by atoms with Crippen LogP contribution in [0.15, 0.2) is 38.8 Å². The fourth-order valence-corrected chi connectivity index (χ4v) is 1.83. The number of hydrogen-bond donors (Lipinski definition) is 1. The Morgan fingerprint density at radius 1 is 1.18 bits per heavy atom. The number of non-ortho nitro benzene ring substituents is 1. The molecule has 0 amide bonds. The van der Waals surface area contributed by atoms with Crippen LogP contribution in [0.1, 0.15) is 5.56 Å². The van der Waals surface area contributed by atoms with Crippen LogP contribution in [-0.2, 0) is 14.1 Å². The first-order valence-corrected chi connectivity index (χ1v) is 6.17. The summed E-state index contributed by atoms with van der Waals surface area (Å²) >= 11 is 0. The number of nitro benzene ring substituents is 1. The quantitative estimate of drug-likeness (QED) is 0.496. The zero-order valence-electron chi connectivity index (χ0n) is 11.9. The number of anilines is 1. The maximum absolute atomic E-state index is 11.8. The third kappa shape index (κ3) is 2.64. The van der Waals surface area contributed by atoms with Gasteiger partial charge in [0, 0.05) is 32.4 Å². The Kier molecular flexibility index (Phi) is 3.89. The van der Waals surface area contributed by atoms with E-state index in [1.54, 1.807) is 0 Å². The lowest BCUT2D eigenvalue weighted by atomic mass is 10.2. The second-order valence-electron chi connectivity index (χ2n) is 4.55. The van der Waals surface area contributed by atoms with E-state index in [0.717, 1.165) is 9.13 Å². The first kappa shape index (κ1) is 15.2. The fourth-order valence-electron chi connectivity index (χ4n) is 1.83. The molecule has 1 heterocycles. The lowest BCUT2D eigenvalue weighted by molar-refractivity contribution is -0.384. The number of benzene rings is 1. The molecule has 0 spiro atoms. The van der Waals surface area contributed by atoms with Crippen LogP contribution in [0.5, 0.6) is 0 Å². The van der Waals surface area contributed by atoms with E-state index < -0.39 is 16.2 Å². The van der Waals surface area contributed by atoms with E-state index in [9.17, 15) is 19.7 Å². The van der Waals surface area contributed by atoms with Gasteiger partial charge in [-0.25, -0.2) is 9.79 Å². The lowest BCUT2D eigenvalue weighted by Gasteiger charge is -2.08. The second kappa shape index (κ2) is 5.64. The molecule has 22 heavy (non-hydrogen) atoms. The first-order valence-electron chi connectivity index (χ1n) is 6.17. The van der Waals surface area contributed by atoms with Crippen LogP contribution in [-0.4, -0.2) is 20.3 Å². The van der Waals surface area contributed by atoms with Gasteiger partial charge >= 0.3 is 5.69 Å². The van der Waals surface area contributed by atoms with Crippen molar-refractivity contribution in [1.82, 2.24) is 9.13 Å². The summed E-state index contributed by atoms with van der Waals surface area (Å²) in [7, 11) is 2.77. The Balaban J connectivity index is 2.45. The molecule has 0 radical (unpaired) electrons. The van der Waals surface area contributed by atoms with Crippen LogP contribution in [0.3, 0.4) is 0 Å². The molecule has 2 rings (SSSR count). The van der Waals surface area contributed by atoms with Gasteiger partial charge in [-0.05, 0) is 17.7 Å². The molecule has 9 heteroatoms. The molecule has 0 aliphatic heterocycles. The third-order valence-electron chi connectivity index (χ3n) is 3.11. The Bertz CT molecular complexity index is 840. The monoisotopic (exact) mass is 303 g/mol. The SMILES string of the molecule is Cn1c(N=Cc2ccc([N+](=O)[O-])cc2)c(N)c(=O)n(C)c1=O. The van der Waals surface area contributed by atoms with Crippen molar-refractivity contribution < 1.29 is 4.92 Å². The van der Waals surface area contributed by atoms with Gasteiger partial charge in [0.25, 0.3) is 11.2 Å². The van der Waals surface area contributed by atoms with Crippen LogP contribution in [0, 0.1) is 10.1 Å². The molecule has 0 fully saturated rings. The molecule has 0 bridgehead atoms. The molecule has 2 aromatic rings. The van der Waals surface area contributed by atoms with Crippen molar-refractivity contribution in [3.63, 3.8) is 0 Å². The van der Waals surface area contributed by atoms with Crippen molar-refractivity contribution in [3.05, 3.63) is 60.8 Å². The molecule has 0 saturated carbocycles. The molecule has 9 nitrogen and oxygen atoms in total. The van der Waals surface area contributed by atoms with Gasteiger partial charge in [0.05, 0.1) is 4.92 Å². The predicted molar refractivity (Wildman–Crippen MR) is 81.7 cm³/mol. The summed E-state index contributed by atoms with van der Waals surface area (Å²) in [5.41, 5.74) is 4.89. The highest BCUT2D eigenvalue weighted by molar-refractivity contribution is 5.83. The minimum absolute atomic E-state index is 0.0338. The Hall–Kier alpha value is -3.23. The van der Waals surface area contributed by atoms with Crippen LogP contribution in [0.4, 0.5) is 17.2 Å². The van der Waals surface area contributed by atoms with E-state index >= 15 is 0 Å². The van der Waals surface area contributed by atoms with Gasteiger partial charge in [-0.3, -0.25) is 24.0 Å². The van der Waals surface area contributed by atoms with Gasteiger partial charge in [0.1, 0.15) is 5.69 Å². The van der Waals surface area contributed by atoms with Crippen molar-refractivity contribution in [2.75, 3.05) is 5.73 Å². The average molecular weight is 303 g/mol. The van der Waals surface area contributed by atoms with Gasteiger partial charge < -0.3 is 5.73 Å². The van der Waals surface area contributed by atoms with E-state index in [1.807, 2.05) is 0 Å². The van der Waals surface area contributed by atoms with Gasteiger partial charge in [0.15, 0.2) is 5.82 Å². The number of nitrogen functional groups attached to an aromatic ring is 1. The fraction of sp³-hybridized carbons (Fsp3) is 0.154. The number of nitrogens with two attached hydrogens (primary N) is 1. The summed E-state index contributed by atoms with van der Waals surface area (Å²) in [6, 6.07) is 5.65. The maximum atomic E-state index is 11.8. The van der Waals surface area contributed by atoms with Crippen molar-refractivity contribution in [1.29, 1.82) is 0 Å². The molecule has 114 valence electrons. The van der Waals surface area contributed by atoms with Gasteiger partial charge in [0.2, 0.25) is 0 Å². The second-order valence-corrected chi connectivity index (χ2v) is 4.55. The normalized spacial score (nSPS) is 11.0. The van der Waals surface area contributed by atoms with E-state index in [2.05, 4.69) is 4.99 Å². The standard InChI is InChI=1S/C13H13N5O4/c1-16-11(10(14)12(19)17(2)13(16)20)15-7-8-3-5-9(6-4-8)18(21)22/h3-7H,14H2,1-2H3. The molecule has 0 aliphatic rings. The smallest absolute Gasteiger partial charge is 0.332 e. The van der Waals surface area contributed by atoms with Crippen LogP contribution in [0.25, 0.3) is 0 Å². The summed E-state index contributed by atoms with van der Waals surface area (Å²) in [5.74, 6) is 0.0338. The minimum Gasteiger partial charge on any atom is -0.391 e. The van der Waals surface area contributed by atoms with Crippen molar-refractivity contribution >= 4 is 23.4 Å². The van der Waals surface area contributed by atoms with Gasteiger partial charge in [-0.2, -0.15) is 0 Å². The van der Waals surface area contributed by atoms with E-state index in [1.165, 1.54) is 44.6 Å². The van der Waals surface area contributed by atoms with Crippen LogP contribution >= 0.6 is 0 Å². The Morgan fingerprint density at radius 2 is 1.77 bits per heavy atom. The number of aliphatic imine (C=N–C) groups is 1. The predicted octanol–water partition coefficient (Wildman–Crippen LogP) is 0.325. The third-order valence-corrected chi connectivity index (χ3v) is 3.11. The zero-order valence-corrected chi connectivity index (χ0v) is 11.9. The van der Waals surface area contributed by atoms with Crippen molar-refractivity contribution in [2.24, 2.45) is 19.1 Å².